The molecular weight excluding hydrogens is 244 g/mol. The lowest BCUT2D eigenvalue weighted by Crippen LogP contribution is -2.35. The molecule has 0 amide bonds. The van der Waals surface area contributed by atoms with E-state index in [9.17, 15) is 19.2 Å². The summed E-state index contributed by atoms with van der Waals surface area (Å²) in [5.74, 6) is -7.06. The number of carbonyl (C=O) groups is 4. The fraction of sp³-hybridized carbons (Fsp3) is 0.636. The third kappa shape index (κ3) is 2.34. The number of esters is 2. The first-order valence-corrected chi connectivity index (χ1v) is 5.31. The van der Waals surface area contributed by atoms with Gasteiger partial charge in [-0.2, -0.15) is 0 Å². The average Bonchev–Trinajstić information content (AvgIpc) is 2.76. The van der Waals surface area contributed by atoms with Gasteiger partial charge < -0.3 is 19.4 Å². The highest BCUT2D eigenvalue weighted by atomic mass is 16.5. The van der Waals surface area contributed by atoms with Crippen molar-refractivity contribution in [1.82, 2.24) is 0 Å². The summed E-state index contributed by atoms with van der Waals surface area (Å²) < 4.78 is 9.03. The Morgan fingerprint density at radius 3 is 2.00 bits per heavy atom. The summed E-state index contributed by atoms with van der Waals surface area (Å²) in [7, 11) is 2.22. The van der Waals surface area contributed by atoms with Crippen LogP contribution in [0.2, 0.25) is 0 Å². The maximum atomic E-state index is 11.6. The number of hydrogen-bond donors (Lipinski definition) is 1. The van der Waals surface area contributed by atoms with Crippen molar-refractivity contribution in [3.63, 3.8) is 0 Å². The molecule has 0 bridgehead atoms. The van der Waals surface area contributed by atoms with Crippen LogP contribution in [0.3, 0.4) is 0 Å². The van der Waals surface area contributed by atoms with E-state index in [1.165, 1.54) is 0 Å². The number of methoxy groups -OCH3 is 2. The van der Waals surface area contributed by atoms with Gasteiger partial charge in [-0.25, -0.2) is 0 Å². The van der Waals surface area contributed by atoms with Crippen LogP contribution in [0.1, 0.15) is 6.42 Å². The van der Waals surface area contributed by atoms with Crippen LogP contribution in [-0.2, 0) is 28.7 Å². The number of carbonyl (C=O) groups excluding carboxylic acids is 3. The lowest BCUT2D eigenvalue weighted by Gasteiger charge is -2.19. The van der Waals surface area contributed by atoms with Gasteiger partial charge in [-0.05, 0) is 6.42 Å². The minimum atomic E-state index is -1.23. The van der Waals surface area contributed by atoms with Crippen LogP contribution in [0.25, 0.3) is 0 Å². The molecule has 0 unspecified atom stereocenters. The van der Waals surface area contributed by atoms with E-state index >= 15 is 0 Å². The number of carboxylic acids is 1. The van der Waals surface area contributed by atoms with E-state index < -0.39 is 41.6 Å². The fourth-order valence-electron chi connectivity index (χ4n) is 2.40. The number of carboxylic acid groups (broad SMARTS) is 1. The fourth-order valence-corrected chi connectivity index (χ4v) is 2.40. The number of ether oxygens (including phenoxy) is 2. The van der Waals surface area contributed by atoms with Gasteiger partial charge in [-0.1, -0.05) is 0 Å². The Balaban J connectivity index is 3.14. The lowest BCUT2D eigenvalue weighted by molar-refractivity contribution is -0.162. The van der Waals surface area contributed by atoms with Crippen LogP contribution >= 0.6 is 0 Å². The van der Waals surface area contributed by atoms with Crippen LogP contribution in [0.5, 0.6) is 0 Å². The number of aldehydes is 1. The van der Waals surface area contributed by atoms with Crippen molar-refractivity contribution in [3.8, 4) is 0 Å². The summed E-state index contributed by atoms with van der Waals surface area (Å²) in [5, 5.41) is 9.04. The van der Waals surface area contributed by atoms with Gasteiger partial charge >= 0.3 is 17.9 Å². The number of hydrogen-bond acceptors (Lipinski definition) is 6. The van der Waals surface area contributed by atoms with Gasteiger partial charge in [0.2, 0.25) is 0 Å². The van der Waals surface area contributed by atoms with Gasteiger partial charge in [0.25, 0.3) is 0 Å². The summed E-state index contributed by atoms with van der Waals surface area (Å²) in [6, 6.07) is 0. The Morgan fingerprint density at radius 1 is 1.11 bits per heavy atom. The van der Waals surface area contributed by atoms with Crippen molar-refractivity contribution >= 4 is 24.2 Å². The predicted molar refractivity (Wildman–Crippen MR) is 56.3 cm³/mol. The molecule has 1 aliphatic rings. The maximum Gasteiger partial charge on any atom is 0.310 e. The Bertz CT molecular complexity index is 376. The van der Waals surface area contributed by atoms with E-state index in [-0.39, 0.29) is 6.42 Å². The highest BCUT2D eigenvalue weighted by Gasteiger charge is 2.54. The molecule has 7 heteroatoms. The molecule has 0 aromatic heterocycles. The molecule has 0 saturated heterocycles. The highest BCUT2D eigenvalue weighted by Crippen LogP contribution is 2.42. The van der Waals surface area contributed by atoms with E-state index in [0.29, 0.717) is 6.29 Å². The van der Waals surface area contributed by atoms with Crippen LogP contribution in [0, 0.1) is 23.7 Å². The summed E-state index contributed by atoms with van der Waals surface area (Å²) in [6.45, 7) is 0. The number of aliphatic carboxylic acids is 1. The molecule has 1 saturated carbocycles. The zero-order chi connectivity index (χ0) is 13.9. The van der Waals surface area contributed by atoms with E-state index in [2.05, 4.69) is 9.47 Å². The predicted octanol–water partition coefficient (Wildman–Crippen LogP) is -0.516. The molecular formula is C11H14O7. The quantitative estimate of drug-likeness (QED) is 0.534. The minimum absolute atomic E-state index is 0.0711. The minimum Gasteiger partial charge on any atom is -0.481 e. The second-order valence-corrected chi connectivity index (χ2v) is 4.08. The molecule has 1 fully saturated rings. The maximum absolute atomic E-state index is 11.6. The lowest BCUT2D eigenvalue weighted by atomic mass is 9.87. The largest absolute Gasteiger partial charge is 0.481 e. The van der Waals surface area contributed by atoms with Gasteiger partial charge in [0.1, 0.15) is 6.29 Å². The first-order chi connectivity index (χ1) is 8.47. The molecule has 1 aliphatic carbocycles. The van der Waals surface area contributed by atoms with Gasteiger partial charge in [0.05, 0.1) is 32.0 Å². The smallest absolute Gasteiger partial charge is 0.310 e. The van der Waals surface area contributed by atoms with Crippen molar-refractivity contribution < 1.29 is 33.8 Å². The molecule has 100 valence electrons. The Hall–Kier alpha value is -1.92. The SMILES string of the molecule is COC(=O)[C@@H]1[C@H](C(=O)OC)[C@H](C(=O)O)C[C@@H]1C=O. The molecule has 0 aromatic carbocycles. The van der Waals surface area contributed by atoms with Crippen molar-refractivity contribution in [1.29, 1.82) is 0 Å². The van der Waals surface area contributed by atoms with Crippen molar-refractivity contribution in [2.24, 2.45) is 23.7 Å². The van der Waals surface area contributed by atoms with Gasteiger partial charge in [-0.3, -0.25) is 14.4 Å². The Kier molecular flexibility index (Phi) is 4.41. The van der Waals surface area contributed by atoms with E-state index in [0.717, 1.165) is 14.2 Å². The monoisotopic (exact) mass is 258 g/mol. The topological polar surface area (TPSA) is 107 Å². The van der Waals surface area contributed by atoms with Gasteiger partial charge in [0.15, 0.2) is 0 Å². The molecule has 0 aromatic rings. The molecule has 0 aliphatic heterocycles. The third-order valence-electron chi connectivity index (χ3n) is 3.25. The van der Waals surface area contributed by atoms with Crippen LogP contribution < -0.4 is 0 Å². The second kappa shape index (κ2) is 5.61. The zero-order valence-corrected chi connectivity index (χ0v) is 9.99. The molecule has 0 spiro atoms. The normalized spacial score (nSPS) is 30.6. The van der Waals surface area contributed by atoms with Crippen molar-refractivity contribution in [2.75, 3.05) is 14.2 Å². The Labute approximate surface area is 103 Å². The zero-order valence-electron chi connectivity index (χ0n) is 9.99. The van der Waals surface area contributed by atoms with Crippen LogP contribution in [0.15, 0.2) is 0 Å². The van der Waals surface area contributed by atoms with Gasteiger partial charge in [-0.15, -0.1) is 0 Å². The van der Waals surface area contributed by atoms with Crippen LogP contribution in [-0.4, -0.2) is 43.5 Å². The second-order valence-electron chi connectivity index (χ2n) is 4.08. The first-order valence-electron chi connectivity index (χ1n) is 5.31. The molecule has 0 radical (unpaired) electrons. The summed E-state index contributed by atoms with van der Waals surface area (Å²) in [4.78, 5) is 45.2. The molecule has 18 heavy (non-hydrogen) atoms. The van der Waals surface area contributed by atoms with Gasteiger partial charge in [0, 0.05) is 5.92 Å². The molecule has 1 rings (SSSR count). The summed E-state index contributed by atoms with van der Waals surface area (Å²) in [6.07, 6.45) is 0.416. The molecule has 7 nitrogen and oxygen atoms in total. The molecule has 4 atom stereocenters. The molecule has 1 N–H and O–H groups in total. The average molecular weight is 258 g/mol. The highest BCUT2D eigenvalue weighted by molar-refractivity contribution is 5.90. The van der Waals surface area contributed by atoms with E-state index in [1.54, 1.807) is 0 Å². The Morgan fingerprint density at radius 2 is 1.61 bits per heavy atom. The van der Waals surface area contributed by atoms with E-state index in [4.69, 9.17) is 5.11 Å². The molecule has 0 heterocycles. The third-order valence-corrected chi connectivity index (χ3v) is 3.25. The van der Waals surface area contributed by atoms with Crippen molar-refractivity contribution in [2.45, 2.75) is 6.42 Å². The number of rotatable bonds is 4. The van der Waals surface area contributed by atoms with E-state index in [1.807, 2.05) is 0 Å². The standard InChI is InChI=1S/C11H14O7/c1-17-10(15)7-5(4-12)3-6(9(13)14)8(7)11(16)18-2/h4-8H,3H2,1-2H3,(H,13,14)/t5-,6-,7+,8-/m1/s1. The first kappa shape index (κ1) is 14.1. The van der Waals surface area contributed by atoms with Crippen LogP contribution in [0.4, 0.5) is 0 Å². The summed E-state index contributed by atoms with van der Waals surface area (Å²) >= 11 is 0. The summed E-state index contributed by atoms with van der Waals surface area (Å²) in [5.41, 5.74) is 0. The van der Waals surface area contributed by atoms with Crippen molar-refractivity contribution in [3.05, 3.63) is 0 Å².